The van der Waals surface area contributed by atoms with Crippen LogP contribution >= 0.6 is 0 Å². The fraction of sp³-hybridized carbons (Fsp3) is 0.300. The predicted molar refractivity (Wildman–Crippen MR) is 64.9 cm³/mol. The molecule has 1 aromatic rings. The summed E-state index contributed by atoms with van der Waals surface area (Å²) in [5, 5.41) is 7.60. The van der Waals surface area contributed by atoms with E-state index in [1.807, 2.05) is 0 Å². The molecule has 0 heterocycles. The number of anilines is 1. The van der Waals surface area contributed by atoms with E-state index >= 15 is 0 Å². The maximum absolute atomic E-state index is 11.3. The van der Waals surface area contributed by atoms with Crippen LogP contribution in [0.4, 0.5) is 5.69 Å². The minimum absolute atomic E-state index is 0.00282. The Morgan fingerprint density at radius 1 is 1.41 bits per heavy atom. The highest BCUT2D eigenvalue weighted by Gasteiger charge is 2.12. The van der Waals surface area contributed by atoms with Gasteiger partial charge in [0.05, 0.1) is 4.90 Å². The molecule has 0 radical (unpaired) electrons. The summed E-state index contributed by atoms with van der Waals surface area (Å²) in [7, 11) is -3.78. The predicted octanol–water partition coefficient (Wildman–Crippen LogP) is -0.0703. The van der Waals surface area contributed by atoms with E-state index in [2.05, 4.69) is 5.32 Å². The fourth-order valence-electron chi connectivity index (χ4n) is 1.34. The van der Waals surface area contributed by atoms with Crippen molar-refractivity contribution in [1.29, 1.82) is 0 Å². The van der Waals surface area contributed by atoms with Gasteiger partial charge in [0.2, 0.25) is 15.9 Å². The van der Waals surface area contributed by atoms with Gasteiger partial charge in [-0.1, -0.05) is 6.07 Å². The van der Waals surface area contributed by atoms with Crippen molar-refractivity contribution in [3.63, 3.8) is 0 Å². The van der Waals surface area contributed by atoms with E-state index in [0.29, 0.717) is 11.3 Å². The van der Waals surface area contributed by atoms with E-state index in [4.69, 9.17) is 10.9 Å². The molecule has 0 saturated heterocycles. The quantitative estimate of drug-likeness (QED) is 0.700. The third kappa shape index (κ3) is 3.81. The van der Waals surface area contributed by atoms with E-state index in [9.17, 15) is 13.2 Å². The lowest BCUT2D eigenvalue weighted by Gasteiger charge is -2.08. The molecule has 0 spiro atoms. The molecular formula is C10H15N3O3S. The average molecular weight is 257 g/mol. The third-order valence-electron chi connectivity index (χ3n) is 2.15. The van der Waals surface area contributed by atoms with Crippen molar-refractivity contribution in [1.82, 2.24) is 0 Å². The summed E-state index contributed by atoms with van der Waals surface area (Å²) in [6.07, 6.45) is 0.179. The van der Waals surface area contributed by atoms with Gasteiger partial charge in [-0.15, -0.1) is 0 Å². The SMILES string of the molecule is Cc1ccc(NC(=O)CCN)cc1S(N)(=O)=O. The number of carbonyl (C=O) groups excluding carboxylic acids is 1. The van der Waals surface area contributed by atoms with E-state index in [0.717, 1.165) is 0 Å². The van der Waals surface area contributed by atoms with Crippen molar-refractivity contribution in [3.05, 3.63) is 23.8 Å². The molecule has 1 amide bonds. The van der Waals surface area contributed by atoms with Crippen molar-refractivity contribution in [3.8, 4) is 0 Å². The Labute approximate surface area is 100 Å². The average Bonchev–Trinajstić information content (AvgIpc) is 2.19. The number of hydrogen-bond acceptors (Lipinski definition) is 4. The van der Waals surface area contributed by atoms with Crippen LogP contribution in [0.1, 0.15) is 12.0 Å². The Hall–Kier alpha value is -1.44. The first-order valence-corrected chi connectivity index (χ1v) is 6.52. The Bertz CT molecular complexity index is 526. The number of hydrogen-bond donors (Lipinski definition) is 3. The molecule has 0 aliphatic rings. The Kier molecular flexibility index (Phi) is 4.22. The number of rotatable bonds is 4. The van der Waals surface area contributed by atoms with Crippen LogP contribution in [0.25, 0.3) is 0 Å². The fourth-order valence-corrected chi connectivity index (χ4v) is 2.15. The standard InChI is InChI=1S/C10H15N3O3S/c1-7-2-3-8(13-10(14)4-5-11)6-9(7)17(12,15)16/h2-3,6H,4-5,11H2,1H3,(H,13,14)(H2,12,15,16). The van der Waals surface area contributed by atoms with Crippen molar-refractivity contribution in [2.45, 2.75) is 18.2 Å². The lowest BCUT2D eigenvalue weighted by molar-refractivity contribution is -0.116. The van der Waals surface area contributed by atoms with Crippen LogP contribution in [0.5, 0.6) is 0 Å². The first-order valence-electron chi connectivity index (χ1n) is 4.98. The van der Waals surface area contributed by atoms with Crippen molar-refractivity contribution in [2.24, 2.45) is 10.9 Å². The van der Waals surface area contributed by atoms with Gasteiger partial charge in [0, 0.05) is 18.7 Å². The molecule has 0 bridgehead atoms. The first kappa shape index (κ1) is 13.6. The van der Waals surface area contributed by atoms with Crippen LogP contribution in [0.3, 0.4) is 0 Å². The zero-order valence-electron chi connectivity index (χ0n) is 9.43. The van der Waals surface area contributed by atoms with Gasteiger partial charge in [-0.3, -0.25) is 4.79 Å². The second kappa shape index (κ2) is 5.26. The molecule has 0 unspecified atom stereocenters. The normalized spacial score (nSPS) is 11.2. The first-order chi connectivity index (χ1) is 7.84. The molecule has 0 fully saturated rings. The zero-order valence-corrected chi connectivity index (χ0v) is 10.3. The number of carbonyl (C=O) groups is 1. The Morgan fingerprint density at radius 2 is 2.06 bits per heavy atom. The molecule has 17 heavy (non-hydrogen) atoms. The van der Waals surface area contributed by atoms with Gasteiger partial charge in [-0.25, -0.2) is 13.6 Å². The highest BCUT2D eigenvalue weighted by atomic mass is 32.2. The van der Waals surface area contributed by atoms with Crippen molar-refractivity contribution >= 4 is 21.6 Å². The summed E-state index contributed by atoms with van der Waals surface area (Å²) in [5.74, 6) is -0.267. The van der Waals surface area contributed by atoms with E-state index in [-0.39, 0.29) is 23.8 Å². The minimum atomic E-state index is -3.78. The van der Waals surface area contributed by atoms with Gasteiger partial charge >= 0.3 is 0 Å². The summed E-state index contributed by atoms with van der Waals surface area (Å²) < 4.78 is 22.5. The monoisotopic (exact) mass is 257 g/mol. The van der Waals surface area contributed by atoms with Crippen LogP contribution in [0.15, 0.2) is 23.1 Å². The van der Waals surface area contributed by atoms with Gasteiger partial charge in [0.1, 0.15) is 0 Å². The topological polar surface area (TPSA) is 115 Å². The molecular weight excluding hydrogens is 242 g/mol. The van der Waals surface area contributed by atoms with E-state index in [1.54, 1.807) is 19.1 Å². The molecule has 94 valence electrons. The van der Waals surface area contributed by atoms with E-state index < -0.39 is 10.0 Å². The van der Waals surface area contributed by atoms with Crippen LogP contribution in [0, 0.1) is 6.92 Å². The summed E-state index contributed by atoms with van der Waals surface area (Å²) >= 11 is 0. The maximum atomic E-state index is 11.3. The molecule has 6 nitrogen and oxygen atoms in total. The molecule has 1 aromatic carbocycles. The summed E-state index contributed by atoms with van der Waals surface area (Å²) in [6.45, 7) is 1.87. The molecule has 0 saturated carbocycles. The summed E-state index contributed by atoms with van der Waals surface area (Å²) in [6, 6.07) is 4.52. The highest BCUT2D eigenvalue weighted by molar-refractivity contribution is 7.89. The van der Waals surface area contributed by atoms with Crippen molar-refractivity contribution < 1.29 is 13.2 Å². The van der Waals surface area contributed by atoms with Gasteiger partial charge in [0.15, 0.2) is 0 Å². The molecule has 0 aromatic heterocycles. The van der Waals surface area contributed by atoms with Gasteiger partial charge < -0.3 is 11.1 Å². The zero-order chi connectivity index (χ0) is 13.1. The molecule has 7 heteroatoms. The number of primary sulfonamides is 1. The Morgan fingerprint density at radius 3 is 2.59 bits per heavy atom. The largest absolute Gasteiger partial charge is 0.330 e. The summed E-state index contributed by atoms with van der Waals surface area (Å²) in [4.78, 5) is 11.3. The number of nitrogens with one attached hydrogen (secondary N) is 1. The molecule has 0 atom stereocenters. The minimum Gasteiger partial charge on any atom is -0.330 e. The molecule has 0 aliphatic carbocycles. The lowest BCUT2D eigenvalue weighted by Crippen LogP contribution is -2.17. The van der Waals surface area contributed by atoms with Crippen LogP contribution in [-0.2, 0) is 14.8 Å². The Balaban J connectivity index is 3.02. The number of nitrogens with two attached hydrogens (primary N) is 2. The lowest BCUT2D eigenvalue weighted by atomic mass is 10.2. The number of sulfonamides is 1. The highest BCUT2D eigenvalue weighted by Crippen LogP contribution is 2.18. The van der Waals surface area contributed by atoms with Crippen molar-refractivity contribution in [2.75, 3.05) is 11.9 Å². The van der Waals surface area contributed by atoms with Gasteiger partial charge in [-0.05, 0) is 24.6 Å². The smallest absolute Gasteiger partial charge is 0.238 e. The van der Waals surface area contributed by atoms with Crippen LogP contribution < -0.4 is 16.2 Å². The number of amides is 1. The number of benzene rings is 1. The third-order valence-corrected chi connectivity index (χ3v) is 3.20. The van der Waals surface area contributed by atoms with Gasteiger partial charge in [-0.2, -0.15) is 0 Å². The van der Waals surface area contributed by atoms with Gasteiger partial charge in [0.25, 0.3) is 0 Å². The van der Waals surface area contributed by atoms with E-state index in [1.165, 1.54) is 6.07 Å². The number of aryl methyl sites for hydroxylation is 1. The summed E-state index contributed by atoms with van der Waals surface area (Å²) in [5.41, 5.74) is 6.15. The molecule has 1 rings (SSSR count). The second-order valence-electron chi connectivity index (χ2n) is 3.61. The molecule has 0 aliphatic heterocycles. The maximum Gasteiger partial charge on any atom is 0.238 e. The van der Waals surface area contributed by atoms with Crippen LogP contribution in [0.2, 0.25) is 0 Å². The second-order valence-corrected chi connectivity index (χ2v) is 5.14. The molecule has 5 N–H and O–H groups in total. The van der Waals surface area contributed by atoms with Crippen LogP contribution in [-0.4, -0.2) is 20.9 Å².